The van der Waals surface area contributed by atoms with Gasteiger partial charge in [0, 0.05) is 28.7 Å². The van der Waals surface area contributed by atoms with Gasteiger partial charge in [-0.2, -0.15) is 0 Å². The SMILES string of the molecule is COc1ccc(N=CCc2ccccc2CCC(=O)OCCCCC(I)CN=C(C)C)cc1C(N)=O. The third-order valence-corrected chi connectivity index (χ3v) is 6.51. The molecule has 2 aromatic rings. The van der Waals surface area contributed by atoms with E-state index >= 15 is 0 Å². The maximum Gasteiger partial charge on any atom is 0.306 e. The average molecular weight is 606 g/mol. The zero-order valence-corrected chi connectivity index (χ0v) is 23.5. The Morgan fingerprint density at radius 2 is 1.86 bits per heavy atom. The number of halogens is 1. The number of aliphatic imine (C=N–C) groups is 2. The molecule has 1 atom stereocenters. The lowest BCUT2D eigenvalue weighted by Crippen LogP contribution is -2.12. The van der Waals surface area contributed by atoms with Gasteiger partial charge in [0.25, 0.3) is 5.91 Å². The summed E-state index contributed by atoms with van der Waals surface area (Å²) < 4.78 is 11.1. The van der Waals surface area contributed by atoms with Gasteiger partial charge in [0.2, 0.25) is 0 Å². The second-order valence-electron chi connectivity index (χ2n) is 8.63. The smallest absolute Gasteiger partial charge is 0.306 e. The van der Waals surface area contributed by atoms with Gasteiger partial charge in [-0.25, -0.2) is 0 Å². The number of carbonyl (C=O) groups is 2. The summed E-state index contributed by atoms with van der Waals surface area (Å²) in [5.74, 6) is -0.315. The van der Waals surface area contributed by atoms with Crippen molar-refractivity contribution in [3.63, 3.8) is 0 Å². The van der Waals surface area contributed by atoms with Crippen molar-refractivity contribution >= 4 is 52.1 Å². The molecule has 36 heavy (non-hydrogen) atoms. The maximum atomic E-state index is 12.2. The molecule has 7 nitrogen and oxygen atoms in total. The van der Waals surface area contributed by atoms with E-state index in [1.165, 1.54) is 7.11 Å². The highest BCUT2D eigenvalue weighted by atomic mass is 127. The normalized spacial score (nSPS) is 11.8. The molecular formula is C28H36IN3O4. The largest absolute Gasteiger partial charge is 0.496 e. The van der Waals surface area contributed by atoms with E-state index in [0.717, 1.165) is 42.6 Å². The number of carbonyl (C=O) groups excluding carboxylic acids is 2. The van der Waals surface area contributed by atoms with E-state index in [0.29, 0.717) is 46.8 Å². The second kappa shape index (κ2) is 16.1. The number of rotatable bonds is 15. The van der Waals surface area contributed by atoms with Crippen LogP contribution in [-0.2, 0) is 22.4 Å². The fourth-order valence-electron chi connectivity index (χ4n) is 3.55. The van der Waals surface area contributed by atoms with Crippen LogP contribution in [0, 0.1) is 0 Å². The Morgan fingerprint density at radius 1 is 1.11 bits per heavy atom. The van der Waals surface area contributed by atoms with E-state index in [2.05, 4.69) is 32.6 Å². The Hall–Kier alpha value is -2.75. The Labute approximate surface area is 227 Å². The Balaban J connectivity index is 1.79. The molecule has 0 saturated carbocycles. The van der Waals surface area contributed by atoms with Crippen LogP contribution in [0.25, 0.3) is 0 Å². The number of hydrogen-bond acceptors (Lipinski definition) is 6. The predicted molar refractivity (Wildman–Crippen MR) is 154 cm³/mol. The number of nitrogens with zero attached hydrogens (tertiary/aromatic N) is 2. The lowest BCUT2D eigenvalue weighted by molar-refractivity contribution is -0.143. The summed E-state index contributed by atoms with van der Waals surface area (Å²) in [6.07, 6.45) is 6.31. The predicted octanol–water partition coefficient (Wildman–Crippen LogP) is 5.67. The van der Waals surface area contributed by atoms with Crippen LogP contribution in [0.1, 0.15) is 61.0 Å². The number of benzene rings is 2. The number of amides is 1. The van der Waals surface area contributed by atoms with Crippen LogP contribution in [0.15, 0.2) is 52.4 Å². The highest BCUT2D eigenvalue weighted by molar-refractivity contribution is 14.1. The van der Waals surface area contributed by atoms with Crippen LogP contribution in [0.2, 0.25) is 0 Å². The zero-order chi connectivity index (χ0) is 26.3. The first-order chi connectivity index (χ1) is 17.3. The zero-order valence-electron chi connectivity index (χ0n) is 21.3. The monoisotopic (exact) mass is 605 g/mol. The number of unbranched alkanes of at least 4 members (excludes halogenated alkanes) is 1. The van der Waals surface area contributed by atoms with Crippen LogP contribution < -0.4 is 10.5 Å². The third kappa shape index (κ3) is 10.9. The average Bonchev–Trinajstić information content (AvgIpc) is 2.86. The molecule has 0 bridgehead atoms. The Morgan fingerprint density at radius 3 is 2.56 bits per heavy atom. The quantitative estimate of drug-likeness (QED) is 0.0929. The van der Waals surface area contributed by atoms with Gasteiger partial charge in [-0.15, -0.1) is 0 Å². The minimum absolute atomic E-state index is 0.173. The first-order valence-electron chi connectivity index (χ1n) is 12.1. The van der Waals surface area contributed by atoms with Gasteiger partial charge in [-0.3, -0.25) is 19.6 Å². The molecule has 2 aromatic carbocycles. The lowest BCUT2D eigenvalue weighted by atomic mass is 10.0. The molecule has 0 radical (unpaired) electrons. The molecule has 0 fully saturated rings. The topological polar surface area (TPSA) is 103 Å². The number of methoxy groups -OCH3 is 1. The molecule has 0 spiro atoms. The fourth-order valence-corrected chi connectivity index (χ4v) is 4.19. The molecule has 0 heterocycles. The summed E-state index contributed by atoms with van der Waals surface area (Å²) in [6, 6.07) is 13.0. The van der Waals surface area contributed by atoms with E-state index < -0.39 is 5.91 Å². The highest BCUT2D eigenvalue weighted by Gasteiger charge is 2.10. The molecular weight excluding hydrogens is 569 g/mol. The molecule has 0 aliphatic carbocycles. The highest BCUT2D eigenvalue weighted by Crippen LogP contribution is 2.24. The molecule has 0 aromatic heterocycles. The maximum absolute atomic E-state index is 12.2. The summed E-state index contributed by atoms with van der Waals surface area (Å²) >= 11 is 2.43. The Bertz CT molecular complexity index is 1060. The van der Waals surface area contributed by atoms with Crippen molar-refractivity contribution in [2.75, 3.05) is 20.3 Å². The van der Waals surface area contributed by atoms with Gasteiger partial charge in [-0.1, -0.05) is 46.9 Å². The number of esters is 1. The first-order valence-corrected chi connectivity index (χ1v) is 13.4. The molecule has 0 aliphatic rings. The van der Waals surface area contributed by atoms with Crippen LogP contribution >= 0.6 is 22.6 Å². The number of aryl methyl sites for hydroxylation is 1. The van der Waals surface area contributed by atoms with Gasteiger partial charge in [-0.05, 0) is 68.9 Å². The molecule has 1 unspecified atom stereocenters. The van der Waals surface area contributed by atoms with Crippen LogP contribution in [-0.4, -0.2) is 48.0 Å². The van der Waals surface area contributed by atoms with Crippen LogP contribution in [0.5, 0.6) is 5.75 Å². The summed E-state index contributed by atoms with van der Waals surface area (Å²) in [4.78, 5) is 32.8. The third-order valence-electron chi connectivity index (χ3n) is 5.50. The van der Waals surface area contributed by atoms with Crippen LogP contribution in [0.3, 0.4) is 0 Å². The summed E-state index contributed by atoms with van der Waals surface area (Å²) in [6.45, 7) is 5.34. The van der Waals surface area contributed by atoms with Crippen molar-refractivity contribution in [1.82, 2.24) is 0 Å². The number of ether oxygens (including phenoxy) is 2. The molecule has 0 saturated heterocycles. The minimum atomic E-state index is -0.563. The molecule has 2 rings (SSSR count). The molecule has 8 heteroatoms. The standard InChI is InChI=1S/C28H36IN3O4/c1-20(2)32-19-23(29)10-6-7-17-36-27(33)14-11-21-8-4-5-9-22(21)15-16-31-24-12-13-26(35-3)25(18-24)28(30)34/h4-5,8-9,12-13,16,18,23H,6-7,10-11,14-15,17,19H2,1-3H3,(H2,30,34). The Kier molecular flexibility index (Phi) is 13.2. The van der Waals surface area contributed by atoms with Crippen LogP contribution in [0.4, 0.5) is 5.69 Å². The molecule has 194 valence electrons. The van der Waals surface area contributed by atoms with Gasteiger partial charge in [0.15, 0.2) is 0 Å². The van der Waals surface area contributed by atoms with E-state index in [1.807, 2.05) is 38.1 Å². The van der Waals surface area contributed by atoms with Crippen molar-refractivity contribution in [1.29, 1.82) is 0 Å². The van der Waals surface area contributed by atoms with Crippen molar-refractivity contribution in [2.45, 2.75) is 56.3 Å². The van der Waals surface area contributed by atoms with Gasteiger partial charge >= 0.3 is 5.97 Å². The second-order valence-corrected chi connectivity index (χ2v) is 10.4. The van der Waals surface area contributed by atoms with E-state index in [-0.39, 0.29) is 5.97 Å². The minimum Gasteiger partial charge on any atom is -0.496 e. The fraction of sp³-hybridized carbons (Fsp3) is 0.429. The molecule has 2 N–H and O–H groups in total. The van der Waals surface area contributed by atoms with Gasteiger partial charge in [0.05, 0.1) is 31.5 Å². The van der Waals surface area contributed by atoms with Crippen molar-refractivity contribution in [2.24, 2.45) is 15.7 Å². The van der Waals surface area contributed by atoms with E-state index in [1.54, 1.807) is 24.4 Å². The first kappa shape index (κ1) is 29.5. The van der Waals surface area contributed by atoms with E-state index in [9.17, 15) is 9.59 Å². The number of nitrogens with two attached hydrogens (primary N) is 1. The summed E-state index contributed by atoms with van der Waals surface area (Å²) in [5, 5.41) is 0. The van der Waals surface area contributed by atoms with Crippen molar-refractivity contribution in [3.05, 3.63) is 59.2 Å². The molecule has 0 aliphatic heterocycles. The number of primary amides is 1. The summed E-state index contributed by atoms with van der Waals surface area (Å²) in [5.41, 5.74) is 9.62. The number of hydrogen-bond donors (Lipinski definition) is 1. The van der Waals surface area contributed by atoms with Crippen molar-refractivity contribution in [3.8, 4) is 5.75 Å². The van der Waals surface area contributed by atoms with Gasteiger partial charge in [0.1, 0.15) is 5.75 Å². The molecule has 1 amide bonds. The van der Waals surface area contributed by atoms with Crippen molar-refractivity contribution < 1.29 is 19.1 Å². The van der Waals surface area contributed by atoms with E-state index in [4.69, 9.17) is 15.2 Å². The number of alkyl halides is 1. The van der Waals surface area contributed by atoms with Gasteiger partial charge < -0.3 is 15.2 Å². The lowest BCUT2D eigenvalue weighted by Gasteiger charge is -2.09. The summed E-state index contributed by atoms with van der Waals surface area (Å²) in [7, 11) is 1.49.